The molecule has 1 aliphatic rings. The maximum Gasteiger partial charge on any atom is 0.289 e. The van der Waals surface area contributed by atoms with Crippen molar-refractivity contribution in [1.82, 2.24) is 25.0 Å². The molecular formula is C16H23N5O2S. The van der Waals surface area contributed by atoms with Gasteiger partial charge in [0, 0.05) is 33.6 Å². The molecular weight excluding hydrogens is 326 g/mol. The Balaban J connectivity index is 1.63. The molecule has 0 radical (unpaired) electrons. The number of aromatic nitrogens is 3. The predicted molar refractivity (Wildman–Crippen MR) is 92.1 cm³/mol. The molecule has 1 saturated heterocycles. The van der Waals surface area contributed by atoms with Gasteiger partial charge in [0.05, 0.1) is 5.75 Å². The van der Waals surface area contributed by atoms with Gasteiger partial charge in [0.1, 0.15) is 11.6 Å². The molecule has 130 valence electrons. The Bertz CT molecular complexity index is 703. The molecule has 0 spiro atoms. The normalized spacial score (nSPS) is 17.9. The Hall–Kier alpha value is -1.80. The summed E-state index contributed by atoms with van der Waals surface area (Å²) in [5.74, 6) is 3.08. The lowest BCUT2D eigenvalue weighted by atomic mass is 9.99. The third kappa shape index (κ3) is 3.64. The Morgan fingerprint density at radius 3 is 3.00 bits per heavy atom. The van der Waals surface area contributed by atoms with E-state index in [0.717, 1.165) is 36.3 Å². The van der Waals surface area contributed by atoms with Gasteiger partial charge in [0.15, 0.2) is 10.9 Å². The number of hydrogen-bond acceptors (Lipinski definition) is 6. The van der Waals surface area contributed by atoms with E-state index < -0.39 is 0 Å². The van der Waals surface area contributed by atoms with Crippen LogP contribution in [-0.2, 0) is 12.8 Å². The van der Waals surface area contributed by atoms with E-state index in [1.54, 1.807) is 31.9 Å². The molecule has 0 aliphatic carbocycles. The molecule has 2 aromatic heterocycles. The van der Waals surface area contributed by atoms with E-state index in [1.165, 1.54) is 11.3 Å². The number of carbonyl (C=O) groups is 1. The molecule has 0 unspecified atom stereocenters. The van der Waals surface area contributed by atoms with Gasteiger partial charge in [0.2, 0.25) is 0 Å². The van der Waals surface area contributed by atoms with Crippen molar-refractivity contribution < 1.29 is 9.21 Å². The zero-order chi connectivity index (χ0) is 17.1. The predicted octanol–water partition coefficient (Wildman–Crippen LogP) is 1.87. The molecule has 0 saturated carbocycles. The molecule has 8 heteroatoms. The number of piperidine rings is 1. The summed E-state index contributed by atoms with van der Waals surface area (Å²) >= 11 is 1.57. The highest BCUT2D eigenvalue weighted by Gasteiger charge is 2.22. The number of carbonyl (C=O) groups excluding carboxylic acids is 1. The molecule has 24 heavy (non-hydrogen) atoms. The van der Waals surface area contributed by atoms with Gasteiger partial charge < -0.3 is 19.2 Å². The van der Waals surface area contributed by atoms with Crippen molar-refractivity contribution in [2.45, 2.75) is 29.7 Å². The summed E-state index contributed by atoms with van der Waals surface area (Å²) < 4.78 is 7.68. The van der Waals surface area contributed by atoms with E-state index in [2.05, 4.69) is 20.1 Å². The summed E-state index contributed by atoms with van der Waals surface area (Å²) in [5, 5.41) is 13.0. The van der Waals surface area contributed by atoms with Gasteiger partial charge in [0.25, 0.3) is 5.91 Å². The lowest BCUT2D eigenvalue weighted by Gasteiger charge is -2.21. The maximum absolute atomic E-state index is 11.9. The fourth-order valence-electron chi connectivity index (χ4n) is 2.81. The lowest BCUT2D eigenvalue weighted by molar-refractivity contribution is 0.0795. The molecule has 7 nitrogen and oxygen atoms in total. The Morgan fingerprint density at radius 1 is 1.46 bits per heavy atom. The van der Waals surface area contributed by atoms with E-state index in [-0.39, 0.29) is 5.91 Å². The van der Waals surface area contributed by atoms with Crippen LogP contribution in [0.5, 0.6) is 0 Å². The third-order valence-electron chi connectivity index (χ3n) is 4.15. The molecule has 3 heterocycles. The fourth-order valence-corrected chi connectivity index (χ4v) is 3.62. The van der Waals surface area contributed by atoms with Crippen LogP contribution in [0.3, 0.4) is 0 Å². The van der Waals surface area contributed by atoms with Gasteiger partial charge in [-0.15, -0.1) is 10.2 Å². The van der Waals surface area contributed by atoms with Crippen molar-refractivity contribution in [3.63, 3.8) is 0 Å². The van der Waals surface area contributed by atoms with Crippen LogP contribution in [-0.4, -0.2) is 52.8 Å². The van der Waals surface area contributed by atoms with E-state index in [1.807, 2.05) is 13.1 Å². The van der Waals surface area contributed by atoms with Gasteiger partial charge in [-0.1, -0.05) is 11.8 Å². The Labute approximate surface area is 145 Å². The van der Waals surface area contributed by atoms with Gasteiger partial charge >= 0.3 is 0 Å². The first kappa shape index (κ1) is 17.0. The highest BCUT2D eigenvalue weighted by atomic mass is 32.2. The average molecular weight is 349 g/mol. The van der Waals surface area contributed by atoms with Gasteiger partial charge in [-0.05, 0) is 31.5 Å². The highest BCUT2D eigenvalue weighted by Crippen LogP contribution is 2.27. The van der Waals surface area contributed by atoms with Crippen molar-refractivity contribution >= 4 is 17.7 Å². The van der Waals surface area contributed by atoms with Crippen molar-refractivity contribution in [2.24, 2.45) is 7.05 Å². The Kier molecular flexibility index (Phi) is 5.25. The van der Waals surface area contributed by atoms with Gasteiger partial charge in [-0.2, -0.15) is 0 Å². The van der Waals surface area contributed by atoms with Crippen LogP contribution in [0.2, 0.25) is 0 Å². The molecule has 0 aromatic carbocycles. The summed E-state index contributed by atoms with van der Waals surface area (Å²) in [4.78, 5) is 13.4. The number of thioether (sulfide) groups is 1. The molecule has 0 bridgehead atoms. The SMILES string of the molecule is CN(C)C(=O)c1ccc(CSc2nnc([C@H]3CCCNC3)n2C)o1. The van der Waals surface area contributed by atoms with Crippen LogP contribution >= 0.6 is 11.8 Å². The van der Waals surface area contributed by atoms with Crippen LogP contribution < -0.4 is 5.32 Å². The van der Waals surface area contributed by atoms with E-state index in [0.29, 0.717) is 17.4 Å². The first-order valence-corrected chi connectivity index (χ1v) is 9.08. The summed E-state index contributed by atoms with van der Waals surface area (Å²) in [5.41, 5.74) is 0. The van der Waals surface area contributed by atoms with E-state index in [9.17, 15) is 4.79 Å². The minimum Gasteiger partial charge on any atom is -0.455 e. The Morgan fingerprint density at radius 2 is 2.29 bits per heavy atom. The second-order valence-corrected chi connectivity index (χ2v) is 7.14. The van der Waals surface area contributed by atoms with Crippen LogP contribution in [0, 0.1) is 0 Å². The molecule has 1 fully saturated rings. The quantitative estimate of drug-likeness (QED) is 0.831. The van der Waals surface area contributed by atoms with Crippen LogP contribution in [0.25, 0.3) is 0 Å². The largest absolute Gasteiger partial charge is 0.455 e. The molecule has 1 aliphatic heterocycles. The van der Waals surface area contributed by atoms with Gasteiger partial charge in [-0.3, -0.25) is 4.79 Å². The maximum atomic E-state index is 11.9. The number of hydrogen-bond donors (Lipinski definition) is 1. The van der Waals surface area contributed by atoms with Crippen LogP contribution in [0.15, 0.2) is 21.7 Å². The topological polar surface area (TPSA) is 76.2 Å². The summed E-state index contributed by atoms with van der Waals surface area (Å²) in [7, 11) is 5.43. The van der Waals surface area contributed by atoms with E-state index in [4.69, 9.17) is 4.42 Å². The third-order valence-corrected chi connectivity index (χ3v) is 5.20. The standard InChI is InChI=1S/C16H23N5O2S/c1-20(2)15(22)13-7-6-12(23-13)10-24-16-19-18-14(21(16)3)11-5-4-8-17-9-11/h6-7,11,17H,4-5,8-10H2,1-3H3/t11-/m0/s1. The van der Waals surface area contributed by atoms with Crippen molar-refractivity contribution in [3.05, 3.63) is 29.5 Å². The summed E-state index contributed by atoms with van der Waals surface area (Å²) in [6.45, 7) is 2.05. The number of amides is 1. The number of furan rings is 1. The number of nitrogens with one attached hydrogen (secondary N) is 1. The minimum absolute atomic E-state index is 0.128. The molecule has 1 N–H and O–H groups in total. The minimum atomic E-state index is -0.128. The second kappa shape index (κ2) is 7.40. The number of rotatable bonds is 5. The van der Waals surface area contributed by atoms with Crippen molar-refractivity contribution in [1.29, 1.82) is 0 Å². The molecule has 1 amide bonds. The zero-order valence-electron chi connectivity index (χ0n) is 14.3. The van der Waals surface area contributed by atoms with Crippen molar-refractivity contribution in [2.75, 3.05) is 27.2 Å². The van der Waals surface area contributed by atoms with Crippen molar-refractivity contribution in [3.8, 4) is 0 Å². The first-order chi connectivity index (χ1) is 11.6. The lowest BCUT2D eigenvalue weighted by Crippen LogP contribution is -2.29. The summed E-state index contributed by atoms with van der Waals surface area (Å²) in [6.07, 6.45) is 2.33. The monoisotopic (exact) mass is 349 g/mol. The second-order valence-electron chi connectivity index (χ2n) is 6.20. The molecule has 2 aromatic rings. The average Bonchev–Trinajstić information content (AvgIpc) is 3.20. The van der Waals surface area contributed by atoms with Gasteiger partial charge in [-0.25, -0.2) is 0 Å². The molecule has 1 atom stereocenters. The highest BCUT2D eigenvalue weighted by molar-refractivity contribution is 7.98. The number of nitrogens with zero attached hydrogens (tertiary/aromatic N) is 4. The zero-order valence-corrected chi connectivity index (χ0v) is 15.1. The van der Waals surface area contributed by atoms with Crippen LogP contribution in [0.4, 0.5) is 0 Å². The fraction of sp³-hybridized carbons (Fsp3) is 0.562. The smallest absolute Gasteiger partial charge is 0.289 e. The molecule has 3 rings (SSSR count). The summed E-state index contributed by atoms with van der Waals surface area (Å²) in [6, 6.07) is 3.56. The van der Waals surface area contributed by atoms with E-state index >= 15 is 0 Å². The van der Waals surface area contributed by atoms with Crippen LogP contribution in [0.1, 0.15) is 40.9 Å². The first-order valence-electron chi connectivity index (χ1n) is 8.09.